The van der Waals surface area contributed by atoms with Gasteiger partial charge in [0.15, 0.2) is 5.82 Å². The average Bonchev–Trinajstić information content (AvgIpc) is 3.59. The van der Waals surface area contributed by atoms with E-state index in [1.165, 1.54) is 0 Å². The Morgan fingerprint density at radius 2 is 1.80 bits per heavy atom. The van der Waals surface area contributed by atoms with E-state index in [-0.39, 0.29) is 17.5 Å². The third-order valence-corrected chi connectivity index (χ3v) is 5.57. The third-order valence-electron chi connectivity index (χ3n) is 5.57. The molecule has 1 fully saturated rings. The van der Waals surface area contributed by atoms with Crippen molar-refractivity contribution in [1.82, 2.24) is 20.2 Å². The topological polar surface area (TPSA) is 151 Å². The lowest BCUT2D eigenvalue weighted by molar-refractivity contribution is -0.384. The van der Waals surface area contributed by atoms with Gasteiger partial charge in [-0.2, -0.15) is 10.1 Å². The zero-order chi connectivity index (χ0) is 24.4. The summed E-state index contributed by atoms with van der Waals surface area (Å²) in [7, 11) is 0. The zero-order valence-electron chi connectivity index (χ0n) is 18.8. The number of hydrogen-bond donors (Lipinski definition) is 4. The molecule has 176 valence electrons. The molecule has 35 heavy (non-hydrogen) atoms. The SMILES string of the molecule is Cc1ccccc1Nc1nc(Nc2cc(C3CC3)[nH]n2)c([N+](=O)[O-])c(C(=O)Nc2ccccc2)n1. The number of para-hydroxylation sites is 2. The Morgan fingerprint density at radius 1 is 1.06 bits per heavy atom. The number of nitrogens with one attached hydrogen (secondary N) is 4. The summed E-state index contributed by atoms with van der Waals surface area (Å²) in [5.74, 6) is -0.0625. The standard InChI is InChI=1S/C24H22N8O3/c1-14-7-5-6-10-17(14)26-24-28-20(23(33)25-16-8-3-2-4-9-16)21(32(34)35)22(29-24)27-19-13-18(30-31-19)15-11-12-15/h2-10,13,15H,11-12H2,1H3,(H,25,33)(H3,26,27,28,29,30,31). The number of nitrogens with zero attached hydrogens (tertiary/aromatic N) is 4. The number of amides is 1. The maximum atomic E-state index is 13.1. The lowest BCUT2D eigenvalue weighted by atomic mass is 10.2. The second-order valence-electron chi connectivity index (χ2n) is 8.22. The molecule has 11 heteroatoms. The van der Waals surface area contributed by atoms with E-state index in [1.807, 2.05) is 31.2 Å². The molecule has 1 saturated carbocycles. The van der Waals surface area contributed by atoms with Crippen LogP contribution in [0.3, 0.4) is 0 Å². The van der Waals surface area contributed by atoms with Crippen LogP contribution < -0.4 is 16.0 Å². The highest BCUT2D eigenvalue weighted by molar-refractivity contribution is 6.07. The summed E-state index contributed by atoms with van der Waals surface area (Å²) in [5, 5.41) is 27.9. The summed E-state index contributed by atoms with van der Waals surface area (Å²) < 4.78 is 0. The molecule has 1 aliphatic carbocycles. The minimum atomic E-state index is -0.734. The summed E-state index contributed by atoms with van der Waals surface area (Å²) >= 11 is 0. The van der Waals surface area contributed by atoms with Gasteiger partial charge in [-0.25, -0.2) is 4.98 Å². The minimum Gasteiger partial charge on any atom is -0.324 e. The molecule has 0 aliphatic heterocycles. The molecule has 11 nitrogen and oxygen atoms in total. The zero-order valence-corrected chi connectivity index (χ0v) is 18.8. The number of aromatic nitrogens is 4. The van der Waals surface area contributed by atoms with Gasteiger partial charge in [-0.05, 0) is 43.5 Å². The molecule has 2 aromatic carbocycles. The molecule has 0 atom stereocenters. The van der Waals surface area contributed by atoms with Crippen LogP contribution in [0.25, 0.3) is 0 Å². The van der Waals surface area contributed by atoms with E-state index in [0.29, 0.717) is 23.1 Å². The van der Waals surface area contributed by atoms with Crippen LogP contribution in [0.15, 0.2) is 60.7 Å². The normalized spacial score (nSPS) is 12.7. The first-order chi connectivity index (χ1) is 17.0. The Kier molecular flexibility index (Phi) is 5.80. The Bertz CT molecular complexity index is 1400. The van der Waals surface area contributed by atoms with Crippen LogP contribution in [0.1, 0.15) is 40.5 Å². The van der Waals surface area contributed by atoms with Crippen molar-refractivity contribution in [2.75, 3.05) is 16.0 Å². The fraction of sp³-hybridized carbons (Fsp3) is 0.167. The highest BCUT2D eigenvalue weighted by Gasteiger charge is 2.31. The van der Waals surface area contributed by atoms with Gasteiger partial charge in [0.05, 0.1) is 4.92 Å². The molecule has 0 unspecified atom stereocenters. The van der Waals surface area contributed by atoms with Gasteiger partial charge in [0.1, 0.15) is 0 Å². The van der Waals surface area contributed by atoms with Gasteiger partial charge in [-0.1, -0.05) is 36.4 Å². The molecule has 0 bridgehead atoms. The first-order valence-electron chi connectivity index (χ1n) is 11.1. The largest absolute Gasteiger partial charge is 0.343 e. The summed E-state index contributed by atoms with van der Waals surface area (Å²) in [6.07, 6.45) is 2.15. The Hall–Kier alpha value is -4.80. The fourth-order valence-electron chi connectivity index (χ4n) is 3.60. The van der Waals surface area contributed by atoms with Gasteiger partial charge in [0, 0.05) is 29.1 Å². The van der Waals surface area contributed by atoms with Gasteiger partial charge in [-0.15, -0.1) is 0 Å². The number of nitro groups is 1. The fourth-order valence-corrected chi connectivity index (χ4v) is 3.60. The second-order valence-corrected chi connectivity index (χ2v) is 8.22. The maximum Gasteiger partial charge on any atom is 0.343 e. The first kappa shape index (κ1) is 22.0. The Morgan fingerprint density at radius 3 is 2.51 bits per heavy atom. The van der Waals surface area contributed by atoms with Crippen LogP contribution in [0.5, 0.6) is 0 Å². The van der Waals surface area contributed by atoms with E-state index < -0.39 is 16.5 Å². The summed E-state index contributed by atoms with van der Waals surface area (Å²) in [6, 6.07) is 17.9. The van der Waals surface area contributed by atoms with Crippen molar-refractivity contribution in [3.8, 4) is 0 Å². The van der Waals surface area contributed by atoms with E-state index in [9.17, 15) is 14.9 Å². The highest BCUT2D eigenvalue weighted by Crippen LogP contribution is 2.40. The van der Waals surface area contributed by atoms with Crippen LogP contribution in [-0.4, -0.2) is 31.0 Å². The lowest BCUT2D eigenvalue weighted by Crippen LogP contribution is -2.19. The summed E-state index contributed by atoms with van der Waals surface area (Å²) in [5.41, 5.74) is 2.12. The lowest BCUT2D eigenvalue weighted by Gasteiger charge is -2.12. The number of anilines is 5. The van der Waals surface area contributed by atoms with Gasteiger partial charge in [-0.3, -0.25) is 20.0 Å². The molecule has 0 saturated heterocycles. The number of rotatable bonds is 8. The molecular weight excluding hydrogens is 448 g/mol. The van der Waals surface area contributed by atoms with Gasteiger partial charge in [0.2, 0.25) is 17.5 Å². The highest BCUT2D eigenvalue weighted by atomic mass is 16.6. The average molecular weight is 470 g/mol. The van der Waals surface area contributed by atoms with Crippen molar-refractivity contribution < 1.29 is 9.72 Å². The number of carbonyl (C=O) groups excluding carboxylic acids is 1. The number of benzene rings is 2. The molecule has 0 spiro atoms. The van der Waals surface area contributed by atoms with Gasteiger partial charge in [0.25, 0.3) is 5.91 Å². The van der Waals surface area contributed by atoms with Crippen LogP contribution >= 0.6 is 0 Å². The smallest absolute Gasteiger partial charge is 0.324 e. The van der Waals surface area contributed by atoms with Crippen LogP contribution in [0.2, 0.25) is 0 Å². The van der Waals surface area contributed by atoms with E-state index >= 15 is 0 Å². The molecule has 5 rings (SSSR count). The number of aromatic amines is 1. The van der Waals surface area contributed by atoms with Gasteiger partial charge >= 0.3 is 5.69 Å². The molecule has 0 radical (unpaired) electrons. The second kappa shape index (κ2) is 9.21. The monoisotopic (exact) mass is 470 g/mol. The maximum absolute atomic E-state index is 13.1. The van der Waals surface area contributed by atoms with E-state index in [4.69, 9.17) is 0 Å². The molecule has 2 heterocycles. The van der Waals surface area contributed by atoms with Crippen molar-refractivity contribution in [1.29, 1.82) is 0 Å². The van der Waals surface area contributed by atoms with Crippen LogP contribution in [0, 0.1) is 17.0 Å². The third kappa shape index (κ3) is 4.93. The van der Waals surface area contributed by atoms with Crippen molar-refractivity contribution in [2.24, 2.45) is 0 Å². The molecule has 4 aromatic rings. The van der Waals surface area contributed by atoms with Crippen molar-refractivity contribution >= 4 is 40.6 Å². The van der Waals surface area contributed by atoms with E-state index in [2.05, 4.69) is 36.1 Å². The number of hydrogen-bond acceptors (Lipinski definition) is 8. The van der Waals surface area contributed by atoms with Crippen molar-refractivity contribution in [3.05, 3.63) is 87.7 Å². The van der Waals surface area contributed by atoms with Crippen LogP contribution in [0.4, 0.5) is 34.6 Å². The molecule has 1 aliphatic rings. The summed E-state index contributed by atoms with van der Waals surface area (Å²) in [4.78, 5) is 33.1. The van der Waals surface area contributed by atoms with E-state index in [0.717, 1.165) is 24.1 Å². The Balaban J connectivity index is 1.56. The number of aryl methyl sites for hydroxylation is 1. The predicted molar refractivity (Wildman–Crippen MR) is 131 cm³/mol. The predicted octanol–water partition coefficient (Wildman–Crippen LogP) is 5.03. The molecular formula is C24H22N8O3. The quantitative estimate of drug-likeness (QED) is 0.207. The van der Waals surface area contributed by atoms with Crippen LogP contribution in [-0.2, 0) is 0 Å². The molecule has 1 amide bonds. The molecule has 2 aromatic heterocycles. The molecule has 4 N–H and O–H groups in total. The van der Waals surface area contributed by atoms with Crippen molar-refractivity contribution in [3.63, 3.8) is 0 Å². The Labute approximate surface area is 200 Å². The van der Waals surface area contributed by atoms with E-state index in [1.54, 1.807) is 36.4 Å². The van der Waals surface area contributed by atoms with Crippen molar-refractivity contribution in [2.45, 2.75) is 25.7 Å². The first-order valence-corrected chi connectivity index (χ1v) is 11.1. The number of H-pyrrole nitrogens is 1. The van der Waals surface area contributed by atoms with Gasteiger partial charge < -0.3 is 16.0 Å². The minimum absolute atomic E-state index is 0.0311. The summed E-state index contributed by atoms with van der Waals surface area (Å²) in [6.45, 7) is 1.90. The number of carbonyl (C=O) groups is 1.